The molecule has 0 aliphatic heterocycles. The average molecular weight is 275 g/mol. The van der Waals surface area contributed by atoms with Gasteiger partial charge in [-0.15, -0.1) is 0 Å². The average Bonchev–Trinajstić information content (AvgIpc) is 2.87. The molecule has 1 aromatic carbocycles. The van der Waals surface area contributed by atoms with Crippen LogP contribution in [0, 0.1) is 0 Å². The highest BCUT2D eigenvalue weighted by atomic mass is 16.5. The highest BCUT2D eigenvalue weighted by Crippen LogP contribution is 2.33. The summed E-state index contributed by atoms with van der Waals surface area (Å²) in [6, 6.07) is 5.71. The minimum atomic E-state index is -0.759. The molecule has 4 nitrogen and oxygen atoms in total. The van der Waals surface area contributed by atoms with E-state index in [1.807, 2.05) is 18.2 Å². The number of aromatic amines is 1. The van der Waals surface area contributed by atoms with Crippen molar-refractivity contribution in [3.63, 3.8) is 0 Å². The highest BCUT2D eigenvalue weighted by molar-refractivity contribution is 5.92. The van der Waals surface area contributed by atoms with E-state index in [1.165, 1.54) is 0 Å². The maximum absolute atomic E-state index is 11.5. The number of rotatable bonds is 7. The van der Waals surface area contributed by atoms with E-state index >= 15 is 0 Å². The first-order valence-electron chi connectivity index (χ1n) is 7.05. The van der Waals surface area contributed by atoms with Crippen LogP contribution in [0.2, 0.25) is 0 Å². The largest absolute Gasteiger partial charge is 0.495 e. The number of aliphatic carboxylic acids is 1. The van der Waals surface area contributed by atoms with Crippen molar-refractivity contribution in [3.8, 4) is 5.75 Å². The third-order valence-corrected chi connectivity index (χ3v) is 3.70. The quantitative estimate of drug-likeness (QED) is 0.753. The fourth-order valence-electron chi connectivity index (χ4n) is 2.62. The van der Waals surface area contributed by atoms with Crippen LogP contribution < -0.4 is 4.74 Å². The Labute approximate surface area is 118 Å². The van der Waals surface area contributed by atoms with E-state index in [2.05, 4.69) is 11.9 Å². The zero-order chi connectivity index (χ0) is 14.5. The Balaban J connectivity index is 2.36. The van der Waals surface area contributed by atoms with E-state index in [4.69, 9.17) is 4.74 Å². The Bertz CT molecular complexity index is 588. The molecule has 108 valence electrons. The van der Waals surface area contributed by atoms with Crippen LogP contribution in [0.1, 0.15) is 44.1 Å². The molecule has 0 bridgehead atoms. The van der Waals surface area contributed by atoms with Crippen LogP contribution in [0.5, 0.6) is 5.75 Å². The molecule has 0 fully saturated rings. The van der Waals surface area contributed by atoms with Crippen molar-refractivity contribution in [2.45, 2.75) is 38.5 Å². The lowest BCUT2D eigenvalue weighted by Gasteiger charge is -2.11. The number of methoxy groups -OCH3 is 1. The van der Waals surface area contributed by atoms with Gasteiger partial charge in [0.2, 0.25) is 0 Å². The minimum Gasteiger partial charge on any atom is -0.495 e. The van der Waals surface area contributed by atoms with Crippen molar-refractivity contribution in [2.75, 3.05) is 7.11 Å². The Hall–Kier alpha value is -1.97. The van der Waals surface area contributed by atoms with Crippen molar-refractivity contribution in [1.82, 2.24) is 4.98 Å². The molecule has 1 atom stereocenters. The number of hydrogen-bond acceptors (Lipinski definition) is 2. The molecule has 0 saturated carbocycles. The van der Waals surface area contributed by atoms with Gasteiger partial charge in [-0.25, -0.2) is 0 Å². The number of carbonyl (C=O) groups is 1. The number of nitrogens with one attached hydrogen (secondary N) is 1. The number of H-pyrrole nitrogens is 1. The normalized spacial score (nSPS) is 12.5. The van der Waals surface area contributed by atoms with E-state index in [0.29, 0.717) is 6.42 Å². The Kier molecular flexibility index (Phi) is 4.66. The summed E-state index contributed by atoms with van der Waals surface area (Å²) in [4.78, 5) is 14.7. The summed E-state index contributed by atoms with van der Waals surface area (Å²) >= 11 is 0. The third kappa shape index (κ3) is 2.79. The maximum Gasteiger partial charge on any atom is 0.311 e. The van der Waals surface area contributed by atoms with Gasteiger partial charge in [-0.1, -0.05) is 38.3 Å². The molecule has 1 heterocycles. The maximum atomic E-state index is 11.5. The van der Waals surface area contributed by atoms with Crippen LogP contribution in [-0.2, 0) is 4.79 Å². The SMILES string of the molecule is CCCCCC(C(=O)O)c1c[nH]c2c(OC)cccc12. The number of aromatic nitrogens is 1. The molecule has 1 unspecified atom stereocenters. The van der Waals surface area contributed by atoms with Crippen LogP contribution in [0.15, 0.2) is 24.4 Å². The van der Waals surface area contributed by atoms with E-state index in [1.54, 1.807) is 13.3 Å². The summed E-state index contributed by atoms with van der Waals surface area (Å²) in [6.07, 6.45) is 5.57. The second-order valence-electron chi connectivity index (χ2n) is 5.01. The fraction of sp³-hybridized carbons (Fsp3) is 0.438. The van der Waals surface area contributed by atoms with E-state index in [-0.39, 0.29) is 0 Å². The van der Waals surface area contributed by atoms with E-state index < -0.39 is 11.9 Å². The lowest BCUT2D eigenvalue weighted by molar-refractivity contribution is -0.139. The molecule has 1 aromatic heterocycles. The standard InChI is InChI=1S/C16H21NO3/c1-3-4-5-7-12(16(18)19)13-10-17-15-11(13)8-6-9-14(15)20-2/h6,8-10,12,17H,3-5,7H2,1-2H3,(H,18,19). The van der Waals surface area contributed by atoms with Gasteiger partial charge in [-0.05, 0) is 18.1 Å². The van der Waals surface area contributed by atoms with E-state index in [9.17, 15) is 9.90 Å². The second kappa shape index (κ2) is 6.46. The van der Waals surface area contributed by atoms with Crippen molar-refractivity contribution in [2.24, 2.45) is 0 Å². The van der Waals surface area contributed by atoms with Gasteiger partial charge in [0.25, 0.3) is 0 Å². The molecule has 2 rings (SSSR count). The number of carboxylic acid groups (broad SMARTS) is 1. The Morgan fingerprint density at radius 1 is 1.40 bits per heavy atom. The molecule has 0 spiro atoms. The van der Waals surface area contributed by atoms with Crippen molar-refractivity contribution in [3.05, 3.63) is 30.0 Å². The smallest absolute Gasteiger partial charge is 0.311 e. The molecule has 0 amide bonds. The molecular weight excluding hydrogens is 254 g/mol. The predicted molar refractivity (Wildman–Crippen MR) is 79.4 cm³/mol. The number of benzene rings is 1. The molecule has 0 aliphatic rings. The van der Waals surface area contributed by atoms with E-state index in [0.717, 1.165) is 41.5 Å². The molecule has 0 saturated heterocycles. The van der Waals surface area contributed by atoms with Crippen LogP contribution in [0.4, 0.5) is 0 Å². The molecular formula is C16H21NO3. The monoisotopic (exact) mass is 275 g/mol. The topological polar surface area (TPSA) is 62.3 Å². The lowest BCUT2D eigenvalue weighted by Crippen LogP contribution is -2.11. The molecule has 2 aromatic rings. The number of para-hydroxylation sites is 1. The molecule has 4 heteroatoms. The number of hydrogen-bond donors (Lipinski definition) is 2. The molecule has 2 N–H and O–H groups in total. The molecule has 20 heavy (non-hydrogen) atoms. The van der Waals surface area contributed by atoms with Crippen molar-refractivity contribution >= 4 is 16.9 Å². The second-order valence-corrected chi connectivity index (χ2v) is 5.01. The summed E-state index contributed by atoms with van der Waals surface area (Å²) in [7, 11) is 1.62. The van der Waals surface area contributed by atoms with Crippen molar-refractivity contribution < 1.29 is 14.6 Å². The zero-order valence-electron chi connectivity index (χ0n) is 12.0. The fourth-order valence-corrected chi connectivity index (χ4v) is 2.62. The van der Waals surface area contributed by atoms with Gasteiger partial charge < -0.3 is 14.8 Å². The first-order valence-corrected chi connectivity index (χ1v) is 7.05. The Morgan fingerprint density at radius 3 is 2.85 bits per heavy atom. The zero-order valence-corrected chi connectivity index (χ0v) is 12.0. The van der Waals surface area contributed by atoms with Crippen molar-refractivity contribution in [1.29, 1.82) is 0 Å². The van der Waals surface area contributed by atoms with Crippen LogP contribution in [-0.4, -0.2) is 23.2 Å². The summed E-state index contributed by atoms with van der Waals surface area (Å²) in [5.41, 5.74) is 1.72. The van der Waals surface area contributed by atoms with Crippen LogP contribution >= 0.6 is 0 Å². The van der Waals surface area contributed by atoms with Gasteiger partial charge in [-0.3, -0.25) is 4.79 Å². The van der Waals surface area contributed by atoms with Gasteiger partial charge in [-0.2, -0.15) is 0 Å². The highest BCUT2D eigenvalue weighted by Gasteiger charge is 2.23. The van der Waals surface area contributed by atoms with Gasteiger partial charge in [0, 0.05) is 11.6 Å². The number of ether oxygens (including phenoxy) is 1. The summed E-state index contributed by atoms with van der Waals surface area (Å²) in [5.74, 6) is -0.473. The molecule has 0 radical (unpaired) electrons. The number of carboxylic acids is 1. The first kappa shape index (κ1) is 14.4. The first-order chi connectivity index (χ1) is 9.69. The third-order valence-electron chi connectivity index (χ3n) is 3.70. The van der Waals surface area contributed by atoms with Gasteiger partial charge in [0.05, 0.1) is 18.5 Å². The summed E-state index contributed by atoms with van der Waals surface area (Å²) < 4.78 is 5.30. The van der Waals surface area contributed by atoms with Crippen LogP contribution in [0.3, 0.4) is 0 Å². The predicted octanol–water partition coefficient (Wildman–Crippen LogP) is 3.93. The van der Waals surface area contributed by atoms with Gasteiger partial charge >= 0.3 is 5.97 Å². The van der Waals surface area contributed by atoms with Crippen LogP contribution in [0.25, 0.3) is 10.9 Å². The summed E-state index contributed by atoms with van der Waals surface area (Å²) in [6.45, 7) is 2.12. The number of unbranched alkanes of at least 4 members (excludes halogenated alkanes) is 2. The molecule has 0 aliphatic carbocycles. The minimum absolute atomic E-state index is 0.456. The van der Waals surface area contributed by atoms with Gasteiger partial charge in [0.15, 0.2) is 0 Å². The van der Waals surface area contributed by atoms with Gasteiger partial charge in [0.1, 0.15) is 5.75 Å². The Morgan fingerprint density at radius 2 is 2.20 bits per heavy atom. The lowest BCUT2D eigenvalue weighted by atomic mass is 9.93. The summed E-state index contributed by atoms with van der Waals surface area (Å²) in [5, 5.41) is 10.4. The number of fused-ring (bicyclic) bond motifs is 1.